The fourth-order valence-corrected chi connectivity index (χ4v) is 3.81. The van der Waals surface area contributed by atoms with Crippen LogP contribution < -0.4 is 5.56 Å². The molecular weight excluding hydrogens is 362 g/mol. The van der Waals surface area contributed by atoms with E-state index in [1.54, 1.807) is 10.9 Å². The Labute approximate surface area is 167 Å². The van der Waals surface area contributed by atoms with Crippen molar-refractivity contribution in [2.75, 3.05) is 0 Å². The van der Waals surface area contributed by atoms with Crippen molar-refractivity contribution in [2.45, 2.75) is 27.3 Å². The molecule has 0 radical (unpaired) electrons. The fraction of sp³-hybridized carbons (Fsp3) is 0.217. The van der Waals surface area contributed by atoms with Gasteiger partial charge in [-0.1, -0.05) is 38.1 Å². The predicted molar refractivity (Wildman–Crippen MR) is 116 cm³/mol. The van der Waals surface area contributed by atoms with Gasteiger partial charge in [-0.05, 0) is 42.7 Å². The number of para-hydroxylation sites is 2. The van der Waals surface area contributed by atoms with Crippen molar-refractivity contribution in [1.29, 1.82) is 0 Å². The monoisotopic (exact) mass is 383 g/mol. The number of fused-ring (bicyclic) bond motifs is 4. The quantitative estimate of drug-likeness (QED) is 0.467. The minimum atomic E-state index is -0.0790. The lowest BCUT2D eigenvalue weighted by molar-refractivity contribution is 0.508. The van der Waals surface area contributed by atoms with Gasteiger partial charge in [-0.15, -0.1) is 0 Å². The van der Waals surface area contributed by atoms with Crippen LogP contribution in [0, 0.1) is 12.8 Å². The largest absolute Gasteiger partial charge is 0.298 e. The van der Waals surface area contributed by atoms with Crippen molar-refractivity contribution in [3.63, 3.8) is 0 Å². The number of rotatable bonds is 3. The van der Waals surface area contributed by atoms with Crippen molar-refractivity contribution >= 4 is 33.2 Å². The Morgan fingerprint density at radius 2 is 1.72 bits per heavy atom. The zero-order chi connectivity index (χ0) is 20.1. The summed E-state index contributed by atoms with van der Waals surface area (Å²) in [4.78, 5) is 27.7. The number of hydrogen-bond donors (Lipinski definition) is 0. The summed E-state index contributed by atoms with van der Waals surface area (Å²) < 4.78 is 3.61. The van der Waals surface area contributed by atoms with Crippen LogP contribution in [0.5, 0.6) is 0 Å². The smallest absolute Gasteiger partial charge is 0.265 e. The second-order valence-corrected chi connectivity index (χ2v) is 7.85. The van der Waals surface area contributed by atoms with E-state index in [2.05, 4.69) is 24.9 Å². The summed E-state index contributed by atoms with van der Waals surface area (Å²) in [6, 6.07) is 15.8. The lowest BCUT2D eigenvalue weighted by Crippen LogP contribution is -2.23. The first kappa shape index (κ1) is 17.6. The molecule has 0 aliphatic carbocycles. The predicted octanol–water partition coefficient (Wildman–Crippen LogP) is 4.25. The molecule has 3 heterocycles. The fourth-order valence-electron chi connectivity index (χ4n) is 3.81. The molecule has 0 N–H and O–H groups in total. The SMILES string of the molecule is Cc1cccc(-n2c3nc4ccccc4nc3c3c(=O)n(CC(C)C)cnc32)c1. The van der Waals surface area contributed by atoms with Gasteiger partial charge in [0.25, 0.3) is 5.56 Å². The maximum atomic E-state index is 13.4. The molecule has 0 amide bonds. The molecule has 2 aromatic carbocycles. The van der Waals surface area contributed by atoms with Gasteiger partial charge in [0.2, 0.25) is 0 Å². The van der Waals surface area contributed by atoms with E-state index < -0.39 is 0 Å². The Bertz CT molecular complexity index is 1440. The number of hydrogen-bond acceptors (Lipinski definition) is 4. The van der Waals surface area contributed by atoms with Crippen molar-refractivity contribution < 1.29 is 0 Å². The molecule has 0 unspecified atom stereocenters. The molecule has 5 aromatic rings. The highest BCUT2D eigenvalue weighted by Gasteiger charge is 2.21. The van der Waals surface area contributed by atoms with E-state index >= 15 is 0 Å². The van der Waals surface area contributed by atoms with Crippen LogP contribution in [0.2, 0.25) is 0 Å². The summed E-state index contributed by atoms with van der Waals surface area (Å²) in [7, 11) is 0. The van der Waals surface area contributed by atoms with Crippen molar-refractivity contribution in [3.05, 3.63) is 70.8 Å². The van der Waals surface area contributed by atoms with Crippen molar-refractivity contribution in [2.24, 2.45) is 5.92 Å². The maximum absolute atomic E-state index is 13.4. The third-order valence-corrected chi connectivity index (χ3v) is 5.05. The number of aryl methyl sites for hydroxylation is 1. The molecule has 0 bridgehead atoms. The standard InChI is InChI=1S/C23H21N5O/c1-14(2)12-27-13-24-21-19(23(27)29)20-22(26-18-10-5-4-9-17(18)25-20)28(21)16-8-6-7-15(3)11-16/h4-11,13-14H,12H2,1-3H3. The Morgan fingerprint density at radius 3 is 2.45 bits per heavy atom. The summed E-state index contributed by atoms with van der Waals surface area (Å²) in [6.07, 6.45) is 1.63. The molecule has 144 valence electrons. The molecule has 29 heavy (non-hydrogen) atoms. The summed E-state index contributed by atoms with van der Waals surface area (Å²) in [5, 5.41) is 0.517. The lowest BCUT2D eigenvalue weighted by atomic mass is 10.2. The van der Waals surface area contributed by atoms with Crippen LogP contribution >= 0.6 is 0 Å². The van der Waals surface area contributed by atoms with Gasteiger partial charge in [0.1, 0.15) is 10.9 Å². The average Bonchev–Trinajstić information content (AvgIpc) is 3.02. The normalized spacial score (nSPS) is 11.9. The van der Waals surface area contributed by atoms with Gasteiger partial charge in [-0.2, -0.15) is 0 Å². The third-order valence-electron chi connectivity index (χ3n) is 5.05. The van der Waals surface area contributed by atoms with Crippen LogP contribution in [0.1, 0.15) is 19.4 Å². The third kappa shape index (κ3) is 2.79. The molecule has 0 aliphatic heterocycles. The van der Waals surface area contributed by atoms with Crippen molar-refractivity contribution in [3.8, 4) is 5.69 Å². The second-order valence-electron chi connectivity index (χ2n) is 7.85. The Balaban J connectivity index is 1.97. The molecule has 0 atom stereocenters. The van der Waals surface area contributed by atoms with Gasteiger partial charge in [-0.3, -0.25) is 13.9 Å². The van der Waals surface area contributed by atoms with Crippen LogP contribution in [-0.4, -0.2) is 24.1 Å². The first-order valence-electron chi connectivity index (χ1n) is 9.76. The molecular formula is C23H21N5O. The topological polar surface area (TPSA) is 65.6 Å². The van der Waals surface area contributed by atoms with E-state index in [1.165, 1.54) is 0 Å². The van der Waals surface area contributed by atoms with E-state index in [1.807, 2.05) is 54.0 Å². The minimum absolute atomic E-state index is 0.0790. The van der Waals surface area contributed by atoms with Gasteiger partial charge < -0.3 is 0 Å². The Kier molecular flexibility index (Phi) is 3.94. The Hall–Kier alpha value is -3.54. The zero-order valence-electron chi connectivity index (χ0n) is 16.6. The van der Waals surface area contributed by atoms with Crippen LogP contribution in [-0.2, 0) is 6.54 Å². The summed E-state index contributed by atoms with van der Waals surface area (Å²) in [5.74, 6) is 0.337. The highest BCUT2D eigenvalue weighted by Crippen LogP contribution is 2.28. The van der Waals surface area contributed by atoms with E-state index in [4.69, 9.17) is 9.97 Å². The first-order valence-corrected chi connectivity index (χ1v) is 9.76. The molecule has 6 heteroatoms. The maximum Gasteiger partial charge on any atom is 0.265 e. The molecule has 0 fully saturated rings. The highest BCUT2D eigenvalue weighted by atomic mass is 16.1. The number of nitrogens with zero attached hydrogens (tertiary/aromatic N) is 5. The van der Waals surface area contributed by atoms with Gasteiger partial charge in [0.05, 0.1) is 17.4 Å². The van der Waals surface area contributed by atoms with Gasteiger partial charge in [-0.25, -0.2) is 15.0 Å². The lowest BCUT2D eigenvalue weighted by Gasteiger charge is -2.09. The van der Waals surface area contributed by atoms with E-state index in [9.17, 15) is 4.79 Å². The molecule has 5 rings (SSSR count). The van der Waals surface area contributed by atoms with Gasteiger partial charge in [0.15, 0.2) is 11.3 Å². The first-order chi connectivity index (χ1) is 14.0. The van der Waals surface area contributed by atoms with Crippen LogP contribution in [0.15, 0.2) is 59.7 Å². The average molecular weight is 383 g/mol. The van der Waals surface area contributed by atoms with Gasteiger partial charge in [0, 0.05) is 12.2 Å². The summed E-state index contributed by atoms with van der Waals surface area (Å²) in [6.45, 7) is 6.82. The Morgan fingerprint density at radius 1 is 0.966 bits per heavy atom. The summed E-state index contributed by atoms with van der Waals surface area (Å²) in [5.41, 5.74) is 5.35. The number of benzene rings is 2. The number of aromatic nitrogens is 5. The molecule has 6 nitrogen and oxygen atoms in total. The molecule has 0 saturated heterocycles. The minimum Gasteiger partial charge on any atom is -0.298 e. The van der Waals surface area contributed by atoms with Crippen LogP contribution in [0.4, 0.5) is 0 Å². The second kappa shape index (κ2) is 6.51. The van der Waals surface area contributed by atoms with Crippen LogP contribution in [0.25, 0.3) is 38.9 Å². The zero-order valence-corrected chi connectivity index (χ0v) is 16.6. The molecule has 3 aromatic heterocycles. The molecule has 0 saturated carbocycles. The van der Waals surface area contributed by atoms with Crippen LogP contribution in [0.3, 0.4) is 0 Å². The van der Waals surface area contributed by atoms with E-state index in [0.717, 1.165) is 22.3 Å². The van der Waals surface area contributed by atoms with Gasteiger partial charge >= 0.3 is 0 Å². The van der Waals surface area contributed by atoms with E-state index in [0.29, 0.717) is 34.7 Å². The molecule has 0 aliphatic rings. The van der Waals surface area contributed by atoms with Crippen molar-refractivity contribution in [1.82, 2.24) is 24.1 Å². The van der Waals surface area contributed by atoms with E-state index in [-0.39, 0.29) is 5.56 Å². The molecule has 0 spiro atoms. The summed E-state index contributed by atoms with van der Waals surface area (Å²) >= 11 is 0. The highest BCUT2D eigenvalue weighted by molar-refractivity contribution is 6.05.